The first-order chi connectivity index (χ1) is 10.5. The summed E-state index contributed by atoms with van der Waals surface area (Å²) >= 11 is 6.08. The molecule has 0 saturated carbocycles. The van der Waals surface area contributed by atoms with Gasteiger partial charge < -0.3 is 0 Å². The number of nitrogens with zero attached hydrogens (tertiary/aromatic N) is 5. The zero-order chi connectivity index (χ0) is 15.7. The van der Waals surface area contributed by atoms with Crippen LogP contribution in [0.5, 0.6) is 0 Å². The van der Waals surface area contributed by atoms with Crippen molar-refractivity contribution in [1.29, 1.82) is 0 Å². The predicted octanol–water partition coefficient (Wildman–Crippen LogP) is 1.17. The van der Waals surface area contributed by atoms with Crippen LogP contribution in [0.2, 0.25) is 5.15 Å². The van der Waals surface area contributed by atoms with E-state index in [2.05, 4.69) is 21.3 Å². The first-order valence-electron chi connectivity index (χ1n) is 6.33. The van der Waals surface area contributed by atoms with Crippen molar-refractivity contribution in [3.05, 3.63) is 56.9 Å². The highest BCUT2D eigenvalue weighted by Gasteiger charge is 2.23. The number of aryl methyl sites for hydroxylation is 1. The first-order valence-corrected chi connectivity index (χ1v) is 6.71. The molecule has 0 saturated heterocycles. The fourth-order valence-corrected chi connectivity index (χ4v) is 2.34. The number of nitrogens with one attached hydrogen (secondary N) is 2. The molecule has 2 N–H and O–H groups in total. The SMILES string of the molecule is Cn1cc(C2=NNNN2Cc2ccc([N+](=O)[O-])cc2)c(Cl)n1. The summed E-state index contributed by atoms with van der Waals surface area (Å²) in [4.78, 5) is 10.2. The lowest BCUT2D eigenvalue weighted by molar-refractivity contribution is -0.384. The van der Waals surface area contributed by atoms with Crippen LogP contribution in [0.15, 0.2) is 35.6 Å². The Balaban J connectivity index is 1.79. The summed E-state index contributed by atoms with van der Waals surface area (Å²) in [6.45, 7) is 0.453. The van der Waals surface area contributed by atoms with Crippen molar-refractivity contribution < 1.29 is 4.92 Å². The van der Waals surface area contributed by atoms with E-state index >= 15 is 0 Å². The van der Waals surface area contributed by atoms with Crippen molar-refractivity contribution in [2.45, 2.75) is 6.54 Å². The molecule has 2 aromatic rings. The number of nitro benzene ring substituents is 1. The number of hydrogen-bond acceptors (Lipinski definition) is 7. The number of rotatable bonds is 4. The number of benzene rings is 1. The van der Waals surface area contributed by atoms with E-state index in [4.69, 9.17) is 11.6 Å². The minimum absolute atomic E-state index is 0.0560. The number of amidine groups is 1. The van der Waals surface area contributed by atoms with Gasteiger partial charge in [-0.25, -0.2) is 5.53 Å². The maximum atomic E-state index is 10.7. The Bertz CT molecular complexity index is 740. The van der Waals surface area contributed by atoms with E-state index in [1.54, 1.807) is 35.1 Å². The van der Waals surface area contributed by atoms with Crippen LogP contribution >= 0.6 is 11.6 Å². The van der Waals surface area contributed by atoms with E-state index in [1.807, 2.05) is 0 Å². The third-order valence-electron chi connectivity index (χ3n) is 3.11. The van der Waals surface area contributed by atoms with E-state index in [9.17, 15) is 10.1 Å². The first kappa shape index (κ1) is 14.3. The smallest absolute Gasteiger partial charge is 0.269 e. The summed E-state index contributed by atoms with van der Waals surface area (Å²) in [6, 6.07) is 6.32. The molecule has 0 amide bonds. The van der Waals surface area contributed by atoms with Crippen LogP contribution in [0.4, 0.5) is 5.69 Å². The molecule has 0 bridgehead atoms. The Morgan fingerprint density at radius 1 is 1.36 bits per heavy atom. The van der Waals surface area contributed by atoms with Crippen molar-refractivity contribution >= 4 is 23.1 Å². The van der Waals surface area contributed by atoms with E-state index in [-0.39, 0.29) is 5.69 Å². The van der Waals surface area contributed by atoms with Gasteiger partial charge in [-0.3, -0.25) is 19.8 Å². The van der Waals surface area contributed by atoms with Crippen LogP contribution in [0.1, 0.15) is 11.1 Å². The van der Waals surface area contributed by atoms with E-state index < -0.39 is 4.92 Å². The second kappa shape index (κ2) is 5.62. The molecule has 22 heavy (non-hydrogen) atoms. The van der Waals surface area contributed by atoms with Crippen LogP contribution in [0, 0.1) is 10.1 Å². The molecule has 1 aromatic carbocycles. The molecule has 9 nitrogen and oxygen atoms in total. The summed E-state index contributed by atoms with van der Waals surface area (Å²) in [5.74, 6) is 0.594. The molecule has 0 unspecified atom stereocenters. The zero-order valence-electron chi connectivity index (χ0n) is 11.5. The van der Waals surface area contributed by atoms with Gasteiger partial charge in [-0.2, -0.15) is 5.10 Å². The maximum absolute atomic E-state index is 10.7. The highest BCUT2D eigenvalue weighted by molar-refractivity contribution is 6.32. The summed E-state index contributed by atoms with van der Waals surface area (Å²) < 4.78 is 1.60. The number of hydrazine groups is 2. The van der Waals surface area contributed by atoms with Crippen molar-refractivity contribution in [2.24, 2.45) is 12.1 Å². The van der Waals surface area contributed by atoms with Gasteiger partial charge in [0.25, 0.3) is 5.69 Å². The number of hydrazone groups is 1. The van der Waals surface area contributed by atoms with Gasteiger partial charge in [0, 0.05) is 25.4 Å². The lowest BCUT2D eigenvalue weighted by Crippen LogP contribution is -2.40. The van der Waals surface area contributed by atoms with Gasteiger partial charge in [0.15, 0.2) is 11.0 Å². The van der Waals surface area contributed by atoms with Gasteiger partial charge in [0.1, 0.15) is 0 Å². The molecule has 3 rings (SSSR count). The average molecular weight is 322 g/mol. The molecule has 114 valence electrons. The molecule has 0 radical (unpaired) electrons. The largest absolute Gasteiger partial charge is 0.274 e. The molecule has 0 fully saturated rings. The minimum atomic E-state index is -0.429. The number of aromatic nitrogens is 2. The normalized spacial score (nSPS) is 13.9. The summed E-state index contributed by atoms with van der Waals surface area (Å²) in [5, 5.41) is 21.0. The highest BCUT2D eigenvalue weighted by Crippen LogP contribution is 2.19. The van der Waals surface area contributed by atoms with E-state index in [0.717, 1.165) is 5.56 Å². The summed E-state index contributed by atoms with van der Waals surface area (Å²) in [5.41, 5.74) is 7.17. The highest BCUT2D eigenvalue weighted by atomic mass is 35.5. The molecule has 0 aliphatic carbocycles. The van der Waals surface area contributed by atoms with Crippen LogP contribution in [-0.4, -0.2) is 25.5 Å². The fraction of sp³-hybridized carbons (Fsp3) is 0.167. The standard InChI is InChI=1S/C12H12ClN7O2/c1-18-7-10(11(13)15-18)12-14-16-17-19(12)6-8-2-4-9(5-3-8)20(21)22/h2-5,7,16-17H,6H2,1H3. The van der Waals surface area contributed by atoms with Gasteiger partial charge in [-0.1, -0.05) is 23.7 Å². The zero-order valence-corrected chi connectivity index (χ0v) is 12.3. The fourth-order valence-electron chi connectivity index (χ4n) is 2.09. The van der Waals surface area contributed by atoms with Gasteiger partial charge >= 0.3 is 0 Å². The average Bonchev–Trinajstić information content (AvgIpc) is 3.05. The molecular weight excluding hydrogens is 310 g/mol. The molecule has 2 heterocycles. The Morgan fingerprint density at radius 2 is 2.09 bits per heavy atom. The molecular formula is C12H12ClN7O2. The molecule has 10 heteroatoms. The third kappa shape index (κ3) is 2.71. The molecule has 1 aliphatic heterocycles. The number of non-ortho nitro benzene ring substituents is 1. The van der Waals surface area contributed by atoms with Crippen molar-refractivity contribution in [1.82, 2.24) is 25.9 Å². The molecule has 1 aliphatic rings. The Morgan fingerprint density at radius 3 is 2.68 bits per heavy atom. The van der Waals surface area contributed by atoms with E-state index in [0.29, 0.717) is 23.1 Å². The van der Waals surface area contributed by atoms with Gasteiger partial charge in [-0.05, 0) is 5.56 Å². The second-order valence-electron chi connectivity index (χ2n) is 4.68. The Hall–Kier alpha value is -2.65. The number of nitro groups is 1. The Labute approximate surface area is 130 Å². The third-order valence-corrected chi connectivity index (χ3v) is 3.39. The summed E-state index contributed by atoms with van der Waals surface area (Å²) in [6.07, 6.45) is 1.76. The molecule has 0 spiro atoms. The minimum Gasteiger partial charge on any atom is -0.274 e. The monoisotopic (exact) mass is 321 g/mol. The van der Waals surface area contributed by atoms with Gasteiger partial charge in [-0.15, -0.1) is 10.6 Å². The van der Waals surface area contributed by atoms with Crippen LogP contribution < -0.4 is 11.1 Å². The number of hydrogen-bond donors (Lipinski definition) is 2. The Kier molecular flexibility index (Phi) is 3.65. The second-order valence-corrected chi connectivity index (χ2v) is 5.03. The van der Waals surface area contributed by atoms with Crippen molar-refractivity contribution in [2.75, 3.05) is 0 Å². The van der Waals surface area contributed by atoms with Crippen LogP contribution in [-0.2, 0) is 13.6 Å². The van der Waals surface area contributed by atoms with Gasteiger partial charge in [0.05, 0.1) is 17.0 Å². The lowest BCUT2D eigenvalue weighted by atomic mass is 10.2. The molecule has 1 aromatic heterocycles. The quantitative estimate of drug-likeness (QED) is 0.647. The summed E-state index contributed by atoms with van der Waals surface area (Å²) in [7, 11) is 1.77. The van der Waals surface area contributed by atoms with E-state index in [1.165, 1.54) is 12.1 Å². The van der Waals surface area contributed by atoms with Crippen LogP contribution in [0.25, 0.3) is 0 Å². The number of halogens is 1. The van der Waals surface area contributed by atoms with Gasteiger partial charge in [0.2, 0.25) is 0 Å². The predicted molar refractivity (Wildman–Crippen MR) is 79.7 cm³/mol. The van der Waals surface area contributed by atoms with Crippen molar-refractivity contribution in [3.63, 3.8) is 0 Å². The molecule has 0 atom stereocenters. The lowest BCUT2D eigenvalue weighted by Gasteiger charge is -2.18. The van der Waals surface area contributed by atoms with Crippen LogP contribution in [0.3, 0.4) is 0 Å². The topological polar surface area (TPSA) is 101 Å². The maximum Gasteiger partial charge on any atom is 0.269 e. The van der Waals surface area contributed by atoms with Crippen molar-refractivity contribution in [3.8, 4) is 0 Å².